The summed E-state index contributed by atoms with van der Waals surface area (Å²) in [6, 6.07) is 33.2. The van der Waals surface area contributed by atoms with Crippen LogP contribution in [-0.4, -0.2) is 35.0 Å². The van der Waals surface area contributed by atoms with Crippen molar-refractivity contribution in [1.82, 2.24) is 14.9 Å². The van der Waals surface area contributed by atoms with Crippen LogP contribution in [0.15, 0.2) is 114 Å². The molecule has 2 aromatic carbocycles. The molecule has 5 heteroatoms. The molecule has 0 unspecified atom stereocenters. The van der Waals surface area contributed by atoms with Crippen molar-refractivity contribution in [2.75, 3.05) is 20.1 Å². The van der Waals surface area contributed by atoms with Crippen LogP contribution in [0.25, 0.3) is 0 Å². The predicted molar refractivity (Wildman–Crippen MR) is 274 cm³/mol. The van der Waals surface area contributed by atoms with Gasteiger partial charge < -0.3 is 9.32 Å². The van der Waals surface area contributed by atoms with Crippen molar-refractivity contribution in [2.45, 2.75) is 142 Å². The molecule has 0 radical (unpaired) electrons. The van der Waals surface area contributed by atoms with Crippen molar-refractivity contribution < 1.29 is 4.42 Å². The predicted octanol–water partition coefficient (Wildman–Crippen LogP) is 16.4. The molecule has 0 N–H and O–H groups in total. The number of aryl methyl sites for hydroxylation is 12. The van der Waals surface area contributed by atoms with E-state index in [4.69, 9.17) is 4.42 Å². The van der Waals surface area contributed by atoms with Crippen LogP contribution < -0.4 is 0 Å². The number of hydrogen-bond acceptors (Lipinski definition) is 5. The standard InChI is InChI=1S/C8H16.2C8H10.C7H15N.2C7H9N.C6H8O.C6H8S/c2*1-7-3-5-8(2)6-4-7;1-7-4-3-5-8(2)6-7;1-7-3-5-8(2)6-4-7;2*1-6-3-4-7(2)8-5-6;2*1-5-3-4-6(2)7-5/h7-8H,3-6H2,1-2H3;2*3-6H,1-2H3;7H,3-6H2,1-2H3;2*3-5H,1-2H3;2*3-4H,1-2H3. The number of likely N-dealkylation sites (tertiary alicyclic amines) is 1. The Kier molecular flexibility index (Phi) is 29.1. The number of rotatable bonds is 0. The van der Waals surface area contributed by atoms with Gasteiger partial charge in [-0.1, -0.05) is 129 Å². The molecule has 0 spiro atoms. The lowest BCUT2D eigenvalue weighted by atomic mass is 9.84. The summed E-state index contributed by atoms with van der Waals surface area (Å²) in [5.41, 5.74) is 9.93. The Morgan fingerprint density at radius 1 is 0.435 bits per heavy atom. The second-order valence-corrected chi connectivity index (χ2v) is 19.4. The van der Waals surface area contributed by atoms with Crippen molar-refractivity contribution in [2.24, 2.45) is 17.8 Å². The number of piperidine rings is 1. The van der Waals surface area contributed by atoms with Gasteiger partial charge in [0.1, 0.15) is 11.5 Å². The summed E-state index contributed by atoms with van der Waals surface area (Å²) < 4.78 is 5.08. The Hall–Kier alpha value is -4.32. The van der Waals surface area contributed by atoms with E-state index in [2.05, 4.69) is 157 Å². The van der Waals surface area contributed by atoms with Crippen LogP contribution in [0.3, 0.4) is 0 Å². The zero-order valence-corrected chi connectivity index (χ0v) is 42.8. The van der Waals surface area contributed by atoms with Crippen LogP contribution in [0.4, 0.5) is 0 Å². The molecule has 62 heavy (non-hydrogen) atoms. The van der Waals surface area contributed by atoms with E-state index < -0.39 is 0 Å². The number of thiophene rings is 1. The van der Waals surface area contributed by atoms with Gasteiger partial charge in [0.25, 0.3) is 0 Å². The first-order valence-electron chi connectivity index (χ1n) is 22.9. The van der Waals surface area contributed by atoms with Gasteiger partial charge in [-0.3, -0.25) is 9.97 Å². The molecule has 2 fully saturated rings. The number of nitrogens with zero attached hydrogens (tertiary/aromatic N) is 3. The van der Waals surface area contributed by atoms with Crippen molar-refractivity contribution in [3.8, 4) is 0 Å². The fourth-order valence-electron chi connectivity index (χ4n) is 6.21. The lowest BCUT2D eigenvalue weighted by Crippen LogP contribution is -2.28. The van der Waals surface area contributed by atoms with E-state index in [0.717, 1.165) is 40.7 Å². The molecular formula is C57H85N3OS. The topological polar surface area (TPSA) is 42.2 Å². The zero-order valence-electron chi connectivity index (χ0n) is 41.9. The van der Waals surface area contributed by atoms with Gasteiger partial charge in [0, 0.05) is 33.5 Å². The molecule has 340 valence electrons. The second-order valence-electron chi connectivity index (χ2n) is 17.9. The smallest absolute Gasteiger partial charge is 0.101 e. The molecule has 2 aliphatic rings. The highest BCUT2D eigenvalue weighted by atomic mass is 32.1. The molecule has 1 aliphatic carbocycles. The Morgan fingerprint density at radius 2 is 0.790 bits per heavy atom. The minimum absolute atomic E-state index is 0.978. The third-order valence-corrected chi connectivity index (χ3v) is 11.5. The van der Waals surface area contributed by atoms with Crippen LogP contribution in [0.5, 0.6) is 0 Å². The summed E-state index contributed by atoms with van der Waals surface area (Å²) in [4.78, 5) is 13.4. The van der Waals surface area contributed by atoms with E-state index in [9.17, 15) is 0 Å². The van der Waals surface area contributed by atoms with Gasteiger partial charge >= 0.3 is 0 Å². The molecule has 0 atom stereocenters. The van der Waals surface area contributed by atoms with Gasteiger partial charge in [-0.2, -0.15) is 0 Å². The molecule has 0 amide bonds. The Morgan fingerprint density at radius 3 is 1.02 bits per heavy atom. The first kappa shape index (κ1) is 55.7. The average Bonchev–Trinajstić information content (AvgIpc) is 3.82. The minimum Gasteiger partial charge on any atom is -0.467 e. The highest BCUT2D eigenvalue weighted by Gasteiger charge is 2.13. The summed E-state index contributed by atoms with van der Waals surface area (Å²) >= 11 is 1.84. The fraction of sp³-hybridized carbons (Fsp3) is 0.474. The Balaban J connectivity index is 0.000000354. The normalized spacial score (nSPS) is 15.4. The van der Waals surface area contributed by atoms with E-state index in [-0.39, 0.29) is 0 Å². The monoisotopic (exact) mass is 860 g/mol. The maximum absolute atomic E-state index is 5.08. The van der Waals surface area contributed by atoms with Crippen LogP contribution in [-0.2, 0) is 0 Å². The molecule has 4 aromatic heterocycles. The van der Waals surface area contributed by atoms with E-state index in [1.54, 1.807) is 0 Å². The SMILES string of the molecule is CC1CCC(C)CC1.CC1CCN(C)CC1.Cc1ccc(C)cc1.Cc1ccc(C)nc1.Cc1ccc(C)nc1.Cc1ccc(C)o1.Cc1ccc(C)s1.Cc1cccc(C)c1. The highest BCUT2D eigenvalue weighted by Crippen LogP contribution is 2.27. The molecule has 5 heterocycles. The lowest BCUT2D eigenvalue weighted by Gasteiger charge is -2.26. The largest absolute Gasteiger partial charge is 0.467 e. The van der Waals surface area contributed by atoms with Gasteiger partial charge in [0.05, 0.1) is 0 Å². The molecule has 1 aliphatic heterocycles. The summed E-state index contributed by atoms with van der Waals surface area (Å²) in [6.07, 6.45) is 12.4. The van der Waals surface area contributed by atoms with Crippen molar-refractivity contribution in [1.29, 1.82) is 0 Å². The van der Waals surface area contributed by atoms with E-state index >= 15 is 0 Å². The van der Waals surface area contributed by atoms with Crippen LogP contribution in [0, 0.1) is 101 Å². The average molecular weight is 860 g/mol. The third-order valence-electron chi connectivity index (χ3n) is 10.6. The number of hydrogen-bond donors (Lipinski definition) is 0. The summed E-state index contributed by atoms with van der Waals surface area (Å²) in [5.74, 6) is 4.98. The number of aromatic nitrogens is 2. The minimum atomic E-state index is 0.978. The maximum Gasteiger partial charge on any atom is 0.101 e. The van der Waals surface area contributed by atoms with Crippen molar-refractivity contribution in [3.63, 3.8) is 0 Å². The second kappa shape index (κ2) is 32.4. The van der Waals surface area contributed by atoms with Crippen LogP contribution >= 0.6 is 11.3 Å². The number of benzene rings is 2. The van der Waals surface area contributed by atoms with E-state index in [1.807, 2.05) is 89.5 Å². The van der Waals surface area contributed by atoms with Crippen molar-refractivity contribution >= 4 is 11.3 Å². The van der Waals surface area contributed by atoms with Gasteiger partial charge in [-0.05, 0) is 181 Å². The van der Waals surface area contributed by atoms with Gasteiger partial charge in [0.15, 0.2) is 0 Å². The third kappa shape index (κ3) is 30.7. The zero-order chi connectivity index (χ0) is 46.5. The summed E-state index contributed by atoms with van der Waals surface area (Å²) in [5, 5.41) is 0. The van der Waals surface area contributed by atoms with Gasteiger partial charge in [0.2, 0.25) is 0 Å². The quantitative estimate of drug-likeness (QED) is 0.153. The summed E-state index contributed by atoms with van der Waals surface area (Å²) in [6.45, 7) is 34.2. The molecule has 0 bridgehead atoms. The molecule has 4 nitrogen and oxygen atoms in total. The Bertz CT molecular complexity index is 1660. The summed E-state index contributed by atoms with van der Waals surface area (Å²) in [7, 11) is 2.20. The van der Waals surface area contributed by atoms with Crippen LogP contribution in [0.2, 0.25) is 0 Å². The van der Waals surface area contributed by atoms with Gasteiger partial charge in [-0.15, -0.1) is 11.3 Å². The van der Waals surface area contributed by atoms with E-state index in [0.29, 0.717) is 0 Å². The van der Waals surface area contributed by atoms with E-state index in [1.165, 1.54) is 94.7 Å². The van der Waals surface area contributed by atoms with Crippen molar-refractivity contribution in [3.05, 3.63) is 175 Å². The molecule has 6 aromatic rings. The maximum atomic E-state index is 5.08. The first-order valence-corrected chi connectivity index (χ1v) is 23.7. The molecule has 1 saturated carbocycles. The molecule has 1 saturated heterocycles. The number of furan rings is 1. The fourth-order valence-corrected chi connectivity index (χ4v) is 6.99. The Labute approximate surface area is 384 Å². The lowest BCUT2D eigenvalue weighted by molar-refractivity contribution is 0.230. The molecule has 8 rings (SSSR count). The highest BCUT2D eigenvalue weighted by molar-refractivity contribution is 7.11. The number of pyridine rings is 2. The first-order chi connectivity index (χ1) is 29.3. The van der Waals surface area contributed by atoms with Gasteiger partial charge in [-0.25, -0.2) is 0 Å². The molecular weight excluding hydrogens is 775 g/mol. The van der Waals surface area contributed by atoms with Crippen LogP contribution in [0.1, 0.15) is 125 Å².